The molecule has 4 rings (SSSR count). The summed E-state index contributed by atoms with van der Waals surface area (Å²) in [5.41, 5.74) is 1.20. The summed E-state index contributed by atoms with van der Waals surface area (Å²) in [4.78, 5) is 19.3. The van der Waals surface area contributed by atoms with Crippen molar-refractivity contribution in [2.24, 2.45) is 5.92 Å². The fraction of sp³-hybridized carbons (Fsp3) is 0.350. The zero-order valence-corrected chi connectivity index (χ0v) is 14.7. The molecule has 1 aliphatic rings. The molecule has 134 valence electrons. The molecule has 26 heavy (non-hydrogen) atoms. The molecule has 1 unspecified atom stereocenters. The first-order valence-electron chi connectivity index (χ1n) is 9.07. The van der Waals surface area contributed by atoms with E-state index in [9.17, 15) is 4.79 Å². The van der Waals surface area contributed by atoms with E-state index >= 15 is 0 Å². The number of carbonyl (C=O) groups is 1. The zero-order chi connectivity index (χ0) is 17.8. The van der Waals surface area contributed by atoms with Crippen LogP contribution in [-0.2, 0) is 30.8 Å². The smallest absolute Gasteiger partial charge is 0.223 e. The molecule has 1 amide bonds. The summed E-state index contributed by atoms with van der Waals surface area (Å²) in [6.45, 7) is 2.97. The van der Waals surface area contributed by atoms with Crippen LogP contribution in [0.2, 0.25) is 0 Å². The molecule has 0 saturated heterocycles. The number of benzene rings is 1. The number of hydrogen-bond acceptors (Lipinski definition) is 3. The maximum atomic E-state index is 12.9. The van der Waals surface area contributed by atoms with Gasteiger partial charge in [0, 0.05) is 56.8 Å². The van der Waals surface area contributed by atoms with Gasteiger partial charge < -0.3 is 9.47 Å². The van der Waals surface area contributed by atoms with Gasteiger partial charge in [-0.1, -0.05) is 30.3 Å². The first-order valence-corrected chi connectivity index (χ1v) is 9.07. The molecule has 3 heterocycles. The summed E-state index contributed by atoms with van der Waals surface area (Å²) in [5, 5.41) is 4.32. The van der Waals surface area contributed by atoms with Crippen molar-refractivity contribution in [1.82, 2.24) is 24.2 Å². The fourth-order valence-corrected chi connectivity index (χ4v) is 3.57. The van der Waals surface area contributed by atoms with Crippen molar-refractivity contribution in [3.8, 4) is 0 Å². The summed E-state index contributed by atoms with van der Waals surface area (Å²) in [6.07, 6.45) is 8.89. The Kier molecular flexibility index (Phi) is 4.82. The molecule has 0 fully saturated rings. The largest absolute Gasteiger partial charge is 0.335 e. The Morgan fingerprint density at radius 2 is 1.96 bits per heavy atom. The second-order valence-corrected chi connectivity index (χ2v) is 6.85. The van der Waals surface area contributed by atoms with E-state index in [1.54, 1.807) is 6.20 Å². The SMILES string of the molecule is O=C(CCc1ccccc1)N1Cc2nccn2CC(Cn2cccn2)C1. The van der Waals surface area contributed by atoms with E-state index < -0.39 is 0 Å². The van der Waals surface area contributed by atoms with E-state index in [-0.39, 0.29) is 5.91 Å². The number of nitrogens with zero attached hydrogens (tertiary/aromatic N) is 5. The average molecular weight is 349 g/mol. The molecule has 0 N–H and O–H groups in total. The molecule has 6 heteroatoms. The predicted molar refractivity (Wildman–Crippen MR) is 98.1 cm³/mol. The third-order valence-corrected chi connectivity index (χ3v) is 4.89. The summed E-state index contributed by atoms with van der Waals surface area (Å²) >= 11 is 0. The van der Waals surface area contributed by atoms with E-state index in [1.165, 1.54) is 5.56 Å². The Balaban J connectivity index is 1.46. The number of aromatic nitrogens is 4. The van der Waals surface area contributed by atoms with Gasteiger partial charge in [-0.2, -0.15) is 5.10 Å². The van der Waals surface area contributed by atoms with Gasteiger partial charge in [0.2, 0.25) is 5.91 Å². The van der Waals surface area contributed by atoms with Crippen molar-refractivity contribution in [3.05, 3.63) is 72.6 Å². The molecule has 3 aromatic rings. The monoisotopic (exact) mass is 349 g/mol. The van der Waals surface area contributed by atoms with Gasteiger partial charge in [0.1, 0.15) is 5.82 Å². The van der Waals surface area contributed by atoms with Gasteiger partial charge in [0.15, 0.2) is 0 Å². The first kappa shape index (κ1) is 16.6. The van der Waals surface area contributed by atoms with Crippen molar-refractivity contribution in [3.63, 3.8) is 0 Å². The normalized spacial score (nSPS) is 16.9. The van der Waals surface area contributed by atoms with E-state index in [0.29, 0.717) is 18.9 Å². The minimum atomic E-state index is 0.191. The van der Waals surface area contributed by atoms with Crippen LogP contribution in [0.25, 0.3) is 0 Å². The third-order valence-electron chi connectivity index (χ3n) is 4.89. The van der Waals surface area contributed by atoms with Crippen LogP contribution in [0, 0.1) is 5.92 Å². The molecule has 0 bridgehead atoms. The molecule has 0 aliphatic carbocycles. The van der Waals surface area contributed by atoms with E-state index in [1.807, 2.05) is 52.4 Å². The lowest BCUT2D eigenvalue weighted by Crippen LogP contribution is -2.35. The van der Waals surface area contributed by atoms with Gasteiger partial charge in [0.05, 0.1) is 6.54 Å². The molecule has 0 radical (unpaired) electrons. The van der Waals surface area contributed by atoms with Gasteiger partial charge in [-0.15, -0.1) is 0 Å². The van der Waals surface area contributed by atoms with Crippen molar-refractivity contribution in [1.29, 1.82) is 0 Å². The van der Waals surface area contributed by atoms with Crippen LogP contribution in [-0.4, -0.2) is 36.7 Å². The summed E-state index contributed by atoms with van der Waals surface area (Å²) < 4.78 is 4.11. The van der Waals surface area contributed by atoms with Crippen molar-refractivity contribution in [2.45, 2.75) is 32.5 Å². The van der Waals surface area contributed by atoms with Crippen LogP contribution in [0.5, 0.6) is 0 Å². The Morgan fingerprint density at radius 3 is 2.77 bits per heavy atom. The lowest BCUT2D eigenvalue weighted by atomic mass is 10.1. The van der Waals surface area contributed by atoms with Crippen LogP contribution >= 0.6 is 0 Å². The van der Waals surface area contributed by atoms with Crippen LogP contribution in [0.15, 0.2) is 61.2 Å². The Labute approximate surface area is 153 Å². The third kappa shape index (κ3) is 3.85. The molecule has 1 aromatic carbocycles. The summed E-state index contributed by atoms with van der Waals surface area (Å²) in [7, 11) is 0. The standard InChI is InChI=1S/C20H23N5O/c26-20(8-7-17-5-2-1-3-6-17)24-14-18(15-25-11-4-9-22-25)13-23-12-10-21-19(23)16-24/h1-6,9-12,18H,7-8,13-16H2. The number of fused-ring (bicyclic) bond motifs is 1. The highest BCUT2D eigenvalue weighted by atomic mass is 16.2. The maximum absolute atomic E-state index is 12.9. The van der Waals surface area contributed by atoms with Gasteiger partial charge in [-0.25, -0.2) is 4.98 Å². The minimum absolute atomic E-state index is 0.191. The Bertz CT molecular complexity index is 840. The molecule has 1 atom stereocenters. The summed E-state index contributed by atoms with van der Waals surface area (Å²) in [6, 6.07) is 12.1. The lowest BCUT2D eigenvalue weighted by molar-refractivity contribution is -0.132. The van der Waals surface area contributed by atoms with Gasteiger partial charge >= 0.3 is 0 Å². The molecular formula is C20H23N5O. The average Bonchev–Trinajstić information content (AvgIpc) is 3.29. The van der Waals surface area contributed by atoms with E-state index in [0.717, 1.165) is 31.9 Å². The quantitative estimate of drug-likeness (QED) is 0.711. The Hall–Kier alpha value is -2.89. The number of hydrogen-bond donors (Lipinski definition) is 0. The fourth-order valence-electron chi connectivity index (χ4n) is 3.57. The number of aryl methyl sites for hydroxylation is 1. The van der Waals surface area contributed by atoms with E-state index in [4.69, 9.17) is 0 Å². The van der Waals surface area contributed by atoms with Crippen molar-refractivity contribution >= 4 is 5.91 Å². The second-order valence-electron chi connectivity index (χ2n) is 6.85. The van der Waals surface area contributed by atoms with Gasteiger partial charge in [0.25, 0.3) is 0 Å². The van der Waals surface area contributed by atoms with Crippen LogP contribution in [0.4, 0.5) is 0 Å². The molecule has 6 nitrogen and oxygen atoms in total. The minimum Gasteiger partial charge on any atom is -0.335 e. The molecule has 2 aromatic heterocycles. The lowest BCUT2D eigenvalue weighted by Gasteiger charge is -2.24. The molecule has 0 saturated carbocycles. The molecule has 0 spiro atoms. The highest BCUT2D eigenvalue weighted by Crippen LogP contribution is 2.18. The molecule has 1 aliphatic heterocycles. The van der Waals surface area contributed by atoms with Crippen LogP contribution in [0.3, 0.4) is 0 Å². The molecular weight excluding hydrogens is 326 g/mol. The van der Waals surface area contributed by atoms with Gasteiger partial charge in [-0.05, 0) is 18.1 Å². The van der Waals surface area contributed by atoms with Crippen LogP contribution in [0.1, 0.15) is 17.8 Å². The predicted octanol–water partition coefficient (Wildman–Crippen LogP) is 2.37. The highest BCUT2D eigenvalue weighted by Gasteiger charge is 2.25. The topological polar surface area (TPSA) is 56.0 Å². The van der Waals surface area contributed by atoms with Gasteiger partial charge in [-0.3, -0.25) is 9.48 Å². The zero-order valence-electron chi connectivity index (χ0n) is 14.7. The van der Waals surface area contributed by atoms with Crippen molar-refractivity contribution < 1.29 is 4.79 Å². The van der Waals surface area contributed by atoms with Crippen molar-refractivity contribution in [2.75, 3.05) is 6.54 Å². The first-order chi connectivity index (χ1) is 12.8. The summed E-state index contributed by atoms with van der Waals surface area (Å²) in [5.74, 6) is 1.46. The number of imidazole rings is 1. The Morgan fingerprint density at radius 1 is 1.08 bits per heavy atom. The van der Waals surface area contributed by atoms with E-state index in [2.05, 4.69) is 26.8 Å². The number of amides is 1. The number of carbonyl (C=O) groups excluding carboxylic acids is 1. The van der Waals surface area contributed by atoms with Crippen LogP contribution < -0.4 is 0 Å². The number of rotatable bonds is 5. The second kappa shape index (κ2) is 7.56. The highest BCUT2D eigenvalue weighted by molar-refractivity contribution is 5.76. The maximum Gasteiger partial charge on any atom is 0.223 e.